The Morgan fingerprint density at radius 1 is 0.917 bits per heavy atom. The number of anilines is 2. The summed E-state index contributed by atoms with van der Waals surface area (Å²) in [4.78, 5) is 8.55. The summed E-state index contributed by atoms with van der Waals surface area (Å²) >= 11 is 5.87. The van der Waals surface area contributed by atoms with Crippen LogP contribution in [0.15, 0.2) is 60.8 Å². The zero-order valence-electron chi connectivity index (χ0n) is 12.8. The molecule has 24 heavy (non-hydrogen) atoms. The maximum atomic E-state index is 13.6. The van der Waals surface area contributed by atoms with Gasteiger partial charge in [0.05, 0.1) is 0 Å². The quantitative estimate of drug-likeness (QED) is 0.692. The molecule has 2 aromatic carbocycles. The van der Waals surface area contributed by atoms with Gasteiger partial charge in [0.1, 0.15) is 11.6 Å². The van der Waals surface area contributed by atoms with Gasteiger partial charge in [-0.2, -0.15) is 4.98 Å². The number of rotatable bonds is 6. The molecule has 0 amide bonds. The lowest BCUT2D eigenvalue weighted by Gasteiger charge is -2.09. The monoisotopic (exact) mass is 342 g/mol. The first kappa shape index (κ1) is 16.2. The van der Waals surface area contributed by atoms with Crippen LogP contribution < -0.4 is 10.6 Å². The van der Waals surface area contributed by atoms with Crippen molar-refractivity contribution >= 4 is 23.4 Å². The van der Waals surface area contributed by atoms with Gasteiger partial charge in [-0.15, -0.1) is 0 Å². The van der Waals surface area contributed by atoms with Crippen molar-refractivity contribution in [1.82, 2.24) is 9.97 Å². The third-order valence-corrected chi connectivity index (χ3v) is 3.69. The Kier molecular flexibility index (Phi) is 5.23. The molecule has 3 aromatic rings. The molecule has 0 bridgehead atoms. The van der Waals surface area contributed by atoms with Crippen molar-refractivity contribution in [3.8, 4) is 0 Å². The van der Waals surface area contributed by atoms with E-state index in [2.05, 4.69) is 20.6 Å². The van der Waals surface area contributed by atoms with E-state index in [1.54, 1.807) is 30.5 Å². The third-order valence-electron chi connectivity index (χ3n) is 3.44. The summed E-state index contributed by atoms with van der Waals surface area (Å²) in [5.74, 6) is 0.899. The molecule has 6 heteroatoms. The van der Waals surface area contributed by atoms with E-state index in [1.165, 1.54) is 6.07 Å². The fourth-order valence-corrected chi connectivity index (χ4v) is 2.28. The topological polar surface area (TPSA) is 49.8 Å². The fourth-order valence-electron chi connectivity index (χ4n) is 2.15. The summed E-state index contributed by atoms with van der Waals surface area (Å²) in [5.41, 5.74) is 1.67. The Hall–Kier alpha value is -2.66. The van der Waals surface area contributed by atoms with Crippen molar-refractivity contribution in [2.24, 2.45) is 0 Å². The molecule has 4 nitrogen and oxygen atoms in total. The van der Waals surface area contributed by atoms with E-state index >= 15 is 0 Å². The van der Waals surface area contributed by atoms with Gasteiger partial charge in [0.15, 0.2) is 0 Å². The van der Waals surface area contributed by atoms with Gasteiger partial charge in [0, 0.05) is 29.9 Å². The number of halogens is 2. The van der Waals surface area contributed by atoms with Crippen LogP contribution in [0.2, 0.25) is 5.02 Å². The molecular weight excluding hydrogens is 327 g/mol. The minimum absolute atomic E-state index is 0.236. The molecule has 0 radical (unpaired) electrons. The molecule has 0 atom stereocenters. The van der Waals surface area contributed by atoms with E-state index in [1.807, 2.05) is 24.3 Å². The smallest absolute Gasteiger partial charge is 0.224 e. The van der Waals surface area contributed by atoms with Crippen molar-refractivity contribution in [2.75, 3.05) is 10.6 Å². The predicted molar refractivity (Wildman–Crippen MR) is 94.5 cm³/mol. The highest BCUT2D eigenvalue weighted by molar-refractivity contribution is 6.30. The fraction of sp³-hybridized carbons (Fsp3) is 0.111. The minimum atomic E-state index is -0.236. The van der Waals surface area contributed by atoms with Crippen molar-refractivity contribution < 1.29 is 4.39 Å². The van der Waals surface area contributed by atoms with Crippen LogP contribution in [0.4, 0.5) is 16.2 Å². The van der Waals surface area contributed by atoms with E-state index in [4.69, 9.17) is 11.6 Å². The summed E-state index contributed by atoms with van der Waals surface area (Å²) in [7, 11) is 0. The zero-order valence-corrected chi connectivity index (χ0v) is 13.6. The van der Waals surface area contributed by atoms with Crippen LogP contribution in [-0.4, -0.2) is 9.97 Å². The molecule has 0 fully saturated rings. The lowest BCUT2D eigenvalue weighted by molar-refractivity contribution is 0.613. The second kappa shape index (κ2) is 7.75. The first-order valence-electron chi connectivity index (χ1n) is 7.49. The predicted octanol–water partition coefficient (Wildman–Crippen LogP) is 4.49. The molecule has 0 saturated carbocycles. The Balaban J connectivity index is 1.59. The average Bonchev–Trinajstić information content (AvgIpc) is 2.61. The molecule has 1 aromatic heterocycles. The second-order valence-electron chi connectivity index (χ2n) is 5.19. The summed E-state index contributed by atoms with van der Waals surface area (Å²) in [6, 6.07) is 16.0. The molecule has 0 unspecified atom stereocenters. The minimum Gasteiger partial charge on any atom is -0.366 e. The Bertz CT molecular complexity index is 808. The molecule has 0 spiro atoms. The van der Waals surface area contributed by atoms with Crippen LogP contribution >= 0.6 is 11.6 Å². The van der Waals surface area contributed by atoms with Gasteiger partial charge in [-0.25, -0.2) is 9.37 Å². The number of aromatic nitrogens is 2. The molecule has 0 aliphatic heterocycles. The first-order chi connectivity index (χ1) is 11.7. The van der Waals surface area contributed by atoms with Crippen LogP contribution in [0, 0.1) is 5.82 Å². The molecular formula is C18H16ClFN4. The molecule has 0 aliphatic rings. The van der Waals surface area contributed by atoms with Gasteiger partial charge in [0.25, 0.3) is 0 Å². The zero-order chi connectivity index (χ0) is 16.8. The van der Waals surface area contributed by atoms with Crippen LogP contribution in [0.25, 0.3) is 0 Å². The maximum Gasteiger partial charge on any atom is 0.224 e. The van der Waals surface area contributed by atoms with Gasteiger partial charge in [-0.1, -0.05) is 41.9 Å². The lowest BCUT2D eigenvalue weighted by Crippen LogP contribution is -2.07. The van der Waals surface area contributed by atoms with Gasteiger partial charge < -0.3 is 10.6 Å². The molecule has 1 heterocycles. The Morgan fingerprint density at radius 2 is 1.71 bits per heavy atom. The van der Waals surface area contributed by atoms with Crippen LogP contribution in [0.3, 0.4) is 0 Å². The van der Waals surface area contributed by atoms with Gasteiger partial charge >= 0.3 is 0 Å². The van der Waals surface area contributed by atoms with Crippen molar-refractivity contribution in [3.05, 3.63) is 82.8 Å². The van der Waals surface area contributed by atoms with Crippen LogP contribution in [-0.2, 0) is 13.1 Å². The Morgan fingerprint density at radius 3 is 2.50 bits per heavy atom. The lowest BCUT2D eigenvalue weighted by atomic mass is 10.2. The van der Waals surface area contributed by atoms with Gasteiger partial charge in [-0.05, 0) is 29.8 Å². The maximum absolute atomic E-state index is 13.6. The molecule has 3 rings (SSSR count). The largest absolute Gasteiger partial charge is 0.366 e. The van der Waals surface area contributed by atoms with E-state index in [9.17, 15) is 4.39 Å². The number of hydrogen-bond acceptors (Lipinski definition) is 4. The van der Waals surface area contributed by atoms with Crippen molar-refractivity contribution in [3.63, 3.8) is 0 Å². The molecule has 0 aliphatic carbocycles. The third kappa shape index (κ3) is 4.43. The number of benzene rings is 2. The van der Waals surface area contributed by atoms with E-state index < -0.39 is 0 Å². The highest BCUT2D eigenvalue weighted by atomic mass is 35.5. The van der Waals surface area contributed by atoms with Crippen molar-refractivity contribution in [1.29, 1.82) is 0 Å². The van der Waals surface area contributed by atoms with Gasteiger partial charge in [-0.3, -0.25) is 0 Å². The average molecular weight is 343 g/mol. The first-order valence-corrected chi connectivity index (χ1v) is 7.87. The molecule has 0 saturated heterocycles. The number of nitrogens with one attached hydrogen (secondary N) is 2. The SMILES string of the molecule is Fc1ccccc1CNc1ccnc(NCc2ccc(Cl)cc2)n1. The van der Waals surface area contributed by atoms with Crippen LogP contribution in [0.1, 0.15) is 11.1 Å². The van der Waals surface area contributed by atoms with Crippen molar-refractivity contribution in [2.45, 2.75) is 13.1 Å². The second-order valence-corrected chi connectivity index (χ2v) is 5.63. The normalized spacial score (nSPS) is 10.4. The van der Waals surface area contributed by atoms with Crippen LogP contribution in [0.5, 0.6) is 0 Å². The van der Waals surface area contributed by atoms with E-state index in [0.29, 0.717) is 35.4 Å². The standard InChI is InChI=1S/C18H16ClFN4/c19-15-7-5-13(6-8-15)11-23-18-21-10-9-17(24-18)22-12-14-3-1-2-4-16(14)20/h1-10H,11-12H2,(H2,21,22,23,24). The summed E-state index contributed by atoms with van der Waals surface area (Å²) in [5, 5.41) is 6.95. The molecule has 122 valence electrons. The Labute approximate surface area is 144 Å². The number of hydrogen-bond donors (Lipinski definition) is 2. The highest BCUT2D eigenvalue weighted by Gasteiger charge is 2.03. The van der Waals surface area contributed by atoms with E-state index in [0.717, 1.165) is 5.56 Å². The van der Waals surface area contributed by atoms with E-state index in [-0.39, 0.29) is 5.82 Å². The number of nitrogens with zero attached hydrogens (tertiary/aromatic N) is 2. The summed E-state index contributed by atoms with van der Waals surface area (Å²) in [6.45, 7) is 0.953. The summed E-state index contributed by atoms with van der Waals surface area (Å²) in [6.07, 6.45) is 1.65. The van der Waals surface area contributed by atoms with Gasteiger partial charge in [0.2, 0.25) is 5.95 Å². The molecule has 2 N–H and O–H groups in total. The highest BCUT2D eigenvalue weighted by Crippen LogP contribution is 2.13. The summed E-state index contributed by atoms with van der Waals surface area (Å²) < 4.78 is 13.6.